The molecule has 0 radical (unpaired) electrons. The van der Waals surface area contributed by atoms with Crippen LogP contribution in [-0.2, 0) is 4.75 Å². The molecular weight excluding hydrogens is 192 g/mol. The van der Waals surface area contributed by atoms with Crippen LogP contribution < -0.4 is 4.90 Å². The van der Waals surface area contributed by atoms with Gasteiger partial charge < -0.3 is 4.90 Å². The van der Waals surface area contributed by atoms with E-state index in [1.165, 1.54) is 12.0 Å². The largest absolute Gasteiger partial charge is 0.356 e. The van der Waals surface area contributed by atoms with E-state index in [0.717, 1.165) is 18.9 Å². The minimum absolute atomic E-state index is 0.0967. The molecule has 0 aromatic carbocycles. The summed E-state index contributed by atoms with van der Waals surface area (Å²) in [7, 11) is 0. The average Bonchev–Trinajstić information content (AvgIpc) is 2.00. The Balaban J connectivity index is 2.17. The third-order valence-corrected chi connectivity index (χ3v) is 2.89. The Morgan fingerprint density at radius 2 is 2.07 bits per heavy atom. The van der Waals surface area contributed by atoms with Gasteiger partial charge in [-0.1, -0.05) is 6.07 Å². The van der Waals surface area contributed by atoms with Gasteiger partial charge in [-0.3, -0.25) is 0 Å². The van der Waals surface area contributed by atoms with Gasteiger partial charge in [-0.2, -0.15) is 12.6 Å². The minimum Gasteiger partial charge on any atom is -0.356 e. The predicted molar refractivity (Wildman–Crippen MR) is 63.1 cm³/mol. The van der Waals surface area contributed by atoms with E-state index in [-0.39, 0.29) is 4.75 Å². The van der Waals surface area contributed by atoms with Crippen molar-refractivity contribution in [3.05, 3.63) is 23.9 Å². The Morgan fingerprint density at radius 3 is 2.43 bits per heavy atom. The third kappa shape index (κ3) is 1.87. The Morgan fingerprint density at radius 1 is 1.36 bits per heavy atom. The number of pyridine rings is 1. The molecule has 0 aliphatic carbocycles. The summed E-state index contributed by atoms with van der Waals surface area (Å²) in [6.07, 6.45) is 3.22. The molecule has 1 aromatic rings. The van der Waals surface area contributed by atoms with Crippen LogP contribution in [0.25, 0.3) is 0 Å². The molecule has 2 nitrogen and oxygen atoms in total. The number of rotatable bonds is 2. The lowest BCUT2D eigenvalue weighted by Crippen LogP contribution is -2.37. The molecule has 1 aliphatic heterocycles. The summed E-state index contributed by atoms with van der Waals surface area (Å²) in [6, 6.07) is 4.21. The first kappa shape index (κ1) is 9.84. The summed E-state index contributed by atoms with van der Waals surface area (Å²) < 4.78 is -0.0967. The smallest absolute Gasteiger partial charge is 0.128 e. The lowest BCUT2D eigenvalue weighted by atomic mass is 10.0. The fourth-order valence-corrected chi connectivity index (χ4v) is 1.61. The van der Waals surface area contributed by atoms with E-state index in [9.17, 15) is 0 Å². The van der Waals surface area contributed by atoms with Crippen molar-refractivity contribution in [3.8, 4) is 0 Å². The zero-order valence-corrected chi connectivity index (χ0v) is 9.59. The second-order valence-corrected chi connectivity index (χ2v) is 5.42. The summed E-state index contributed by atoms with van der Waals surface area (Å²) in [6.45, 7) is 6.46. The van der Waals surface area contributed by atoms with Crippen LogP contribution in [0.2, 0.25) is 0 Å². The number of aromatic nitrogens is 1. The first-order chi connectivity index (χ1) is 6.57. The highest BCUT2D eigenvalue weighted by molar-refractivity contribution is 7.81. The van der Waals surface area contributed by atoms with Crippen molar-refractivity contribution in [1.82, 2.24) is 4.98 Å². The maximum atomic E-state index is 4.51. The zero-order valence-electron chi connectivity index (χ0n) is 8.70. The molecule has 2 heterocycles. The number of thiol groups is 1. The molecule has 0 amide bonds. The summed E-state index contributed by atoms with van der Waals surface area (Å²) in [4.78, 5) is 6.73. The summed E-state index contributed by atoms with van der Waals surface area (Å²) in [5, 5.41) is 0. The highest BCUT2D eigenvalue weighted by Gasteiger charge is 2.18. The molecule has 1 fully saturated rings. The molecule has 76 valence electrons. The van der Waals surface area contributed by atoms with Gasteiger partial charge in [-0.25, -0.2) is 4.98 Å². The van der Waals surface area contributed by atoms with E-state index < -0.39 is 0 Å². The number of nitrogens with zero attached hydrogens (tertiary/aromatic N) is 2. The Bertz CT molecular complexity index is 309. The van der Waals surface area contributed by atoms with Crippen molar-refractivity contribution in [2.75, 3.05) is 18.0 Å². The van der Waals surface area contributed by atoms with Crippen LogP contribution in [0.5, 0.6) is 0 Å². The molecule has 0 bridgehead atoms. The lowest BCUT2D eigenvalue weighted by Gasteiger charge is -2.32. The summed E-state index contributed by atoms with van der Waals surface area (Å²) >= 11 is 4.51. The van der Waals surface area contributed by atoms with Gasteiger partial charge in [-0.05, 0) is 31.9 Å². The summed E-state index contributed by atoms with van der Waals surface area (Å²) in [5.41, 5.74) is 1.17. The number of hydrogen-bond acceptors (Lipinski definition) is 3. The molecular formula is C11H16N2S. The molecule has 0 spiro atoms. The standard InChI is InChI=1S/C11H16N2S/c1-11(2,14)9-4-5-10(12-8-9)13-6-3-7-13/h4-5,8,14H,3,6-7H2,1-2H3. The fourth-order valence-electron chi connectivity index (χ4n) is 1.48. The van der Waals surface area contributed by atoms with Gasteiger partial charge in [0.1, 0.15) is 5.82 Å². The first-order valence-electron chi connectivity index (χ1n) is 5.01. The fraction of sp³-hybridized carbons (Fsp3) is 0.545. The molecule has 1 aliphatic rings. The maximum absolute atomic E-state index is 4.51. The van der Waals surface area contributed by atoms with Crippen molar-refractivity contribution in [3.63, 3.8) is 0 Å². The van der Waals surface area contributed by atoms with Gasteiger partial charge in [-0.15, -0.1) is 0 Å². The van der Waals surface area contributed by atoms with E-state index in [1.54, 1.807) is 0 Å². The van der Waals surface area contributed by atoms with Gasteiger partial charge in [0.2, 0.25) is 0 Å². The van der Waals surface area contributed by atoms with Crippen LogP contribution in [-0.4, -0.2) is 18.1 Å². The predicted octanol–water partition coefficient (Wildman–Crippen LogP) is 2.46. The van der Waals surface area contributed by atoms with E-state index in [4.69, 9.17) is 0 Å². The Hall–Kier alpha value is -0.700. The van der Waals surface area contributed by atoms with Gasteiger partial charge >= 0.3 is 0 Å². The van der Waals surface area contributed by atoms with Crippen molar-refractivity contribution in [2.24, 2.45) is 0 Å². The number of anilines is 1. The van der Waals surface area contributed by atoms with Gasteiger partial charge in [0.25, 0.3) is 0 Å². The lowest BCUT2D eigenvalue weighted by molar-refractivity contribution is 0.609. The highest BCUT2D eigenvalue weighted by atomic mass is 32.1. The first-order valence-corrected chi connectivity index (χ1v) is 5.46. The highest BCUT2D eigenvalue weighted by Crippen LogP contribution is 2.28. The normalized spacial score (nSPS) is 16.6. The van der Waals surface area contributed by atoms with Crippen molar-refractivity contribution in [1.29, 1.82) is 0 Å². The van der Waals surface area contributed by atoms with Crippen molar-refractivity contribution in [2.45, 2.75) is 25.0 Å². The minimum atomic E-state index is -0.0967. The second-order valence-electron chi connectivity index (χ2n) is 4.30. The average molecular weight is 208 g/mol. The topological polar surface area (TPSA) is 16.1 Å². The van der Waals surface area contributed by atoms with Crippen LogP contribution in [0, 0.1) is 0 Å². The van der Waals surface area contributed by atoms with E-state index in [2.05, 4.69) is 48.5 Å². The van der Waals surface area contributed by atoms with Gasteiger partial charge in [0.05, 0.1) is 0 Å². The molecule has 2 rings (SSSR count). The molecule has 1 saturated heterocycles. The van der Waals surface area contributed by atoms with Gasteiger partial charge in [0, 0.05) is 24.0 Å². The van der Waals surface area contributed by atoms with Crippen molar-refractivity contribution < 1.29 is 0 Å². The molecule has 14 heavy (non-hydrogen) atoms. The van der Waals surface area contributed by atoms with Crippen LogP contribution >= 0.6 is 12.6 Å². The Labute approximate surface area is 90.7 Å². The molecule has 1 aromatic heterocycles. The number of hydrogen-bond donors (Lipinski definition) is 1. The Kier molecular flexibility index (Phi) is 2.43. The van der Waals surface area contributed by atoms with Crippen LogP contribution in [0.1, 0.15) is 25.8 Å². The van der Waals surface area contributed by atoms with Crippen molar-refractivity contribution >= 4 is 18.4 Å². The van der Waals surface area contributed by atoms with E-state index >= 15 is 0 Å². The maximum Gasteiger partial charge on any atom is 0.128 e. The van der Waals surface area contributed by atoms with E-state index in [1.807, 2.05) is 6.20 Å². The quantitative estimate of drug-likeness (QED) is 0.751. The zero-order chi connectivity index (χ0) is 10.2. The van der Waals surface area contributed by atoms with Crippen LogP contribution in [0.15, 0.2) is 18.3 Å². The monoisotopic (exact) mass is 208 g/mol. The SMILES string of the molecule is CC(C)(S)c1ccc(N2CCC2)nc1. The van der Waals surface area contributed by atoms with Crippen LogP contribution in [0.3, 0.4) is 0 Å². The summed E-state index contributed by atoms with van der Waals surface area (Å²) in [5.74, 6) is 1.09. The van der Waals surface area contributed by atoms with E-state index in [0.29, 0.717) is 0 Å². The van der Waals surface area contributed by atoms with Gasteiger partial charge in [0.15, 0.2) is 0 Å². The molecule has 0 unspecified atom stereocenters. The molecule has 0 atom stereocenters. The van der Waals surface area contributed by atoms with Crippen LogP contribution in [0.4, 0.5) is 5.82 Å². The second kappa shape index (κ2) is 3.46. The molecule has 3 heteroatoms. The third-order valence-electron chi connectivity index (χ3n) is 2.63. The molecule has 0 saturated carbocycles. The molecule has 0 N–H and O–H groups in total.